The molecule has 4 aromatic rings. The Morgan fingerprint density at radius 3 is 2.34 bits per heavy atom. The van der Waals surface area contributed by atoms with Gasteiger partial charge in [0, 0.05) is 37.9 Å². The first kappa shape index (κ1) is 31.1. The summed E-state index contributed by atoms with van der Waals surface area (Å²) in [6, 6.07) is 27.2. The molecular weight excluding hydrogens is 574 g/mol. The van der Waals surface area contributed by atoms with Gasteiger partial charge in [-0.3, -0.25) is 13.9 Å². The SMILES string of the molecule is COc1cccc(CN(C(=O)CCCN2c3cccc4cccc(c34)S2(=O)=O)[C@@H](Cc2ccccc2)C(=O)NCC(C)C)c1. The molecule has 0 aromatic heterocycles. The molecule has 0 saturated carbocycles. The number of ether oxygens (including phenoxy) is 1. The minimum atomic E-state index is -3.73. The summed E-state index contributed by atoms with van der Waals surface area (Å²) < 4.78 is 33.8. The quantitative estimate of drug-likeness (QED) is 0.213. The van der Waals surface area contributed by atoms with E-state index in [9.17, 15) is 18.0 Å². The number of carbonyl (C=O) groups is 2. The average Bonchev–Trinajstić information content (AvgIpc) is 3.25. The number of rotatable bonds is 13. The lowest BCUT2D eigenvalue weighted by Crippen LogP contribution is -2.51. The first-order valence-corrected chi connectivity index (χ1v) is 16.4. The summed E-state index contributed by atoms with van der Waals surface area (Å²) in [5.74, 6) is 0.463. The number of benzene rings is 4. The summed E-state index contributed by atoms with van der Waals surface area (Å²) in [5.41, 5.74) is 2.40. The van der Waals surface area contributed by atoms with Gasteiger partial charge in [-0.2, -0.15) is 0 Å². The second-order valence-electron chi connectivity index (χ2n) is 11.5. The highest BCUT2D eigenvalue weighted by Crippen LogP contribution is 2.42. The Bertz CT molecular complexity index is 1730. The molecule has 0 unspecified atom stereocenters. The standard InChI is InChI=1S/C35H39N3O5S/c1-25(2)23-36-35(40)31(22-26-11-5-4-6-12-26)37(24-27-13-7-16-29(21-27)43-3)33(39)19-10-20-38-30-17-8-14-28-15-9-18-32(34(28)30)44(38,41)42/h4-9,11-18,21,25,31H,10,19-20,22-24H2,1-3H3,(H,36,40)/t31-/m0/s1. The predicted octanol–water partition coefficient (Wildman–Crippen LogP) is 5.55. The Balaban J connectivity index is 1.40. The van der Waals surface area contributed by atoms with Crippen LogP contribution in [0.15, 0.2) is 95.9 Å². The van der Waals surface area contributed by atoms with Crippen molar-refractivity contribution < 1.29 is 22.7 Å². The van der Waals surface area contributed by atoms with Crippen LogP contribution in [0.5, 0.6) is 5.75 Å². The molecule has 1 N–H and O–H groups in total. The Kier molecular flexibility index (Phi) is 9.54. The molecule has 1 aliphatic rings. The monoisotopic (exact) mass is 613 g/mol. The average molecular weight is 614 g/mol. The number of nitrogens with one attached hydrogen (secondary N) is 1. The van der Waals surface area contributed by atoms with Gasteiger partial charge >= 0.3 is 0 Å². The molecule has 44 heavy (non-hydrogen) atoms. The maximum absolute atomic E-state index is 14.1. The van der Waals surface area contributed by atoms with Crippen LogP contribution in [0.1, 0.15) is 37.8 Å². The zero-order chi connectivity index (χ0) is 31.3. The molecular formula is C35H39N3O5S. The molecule has 0 spiro atoms. The Labute approximate surface area is 259 Å². The van der Waals surface area contributed by atoms with Crippen molar-refractivity contribution in [3.05, 3.63) is 102 Å². The Hall–Kier alpha value is -4.37. The van der Waals surface area contributed by atoms with E-state index >= 15 is 0 Å². The predicted molar refractivity (Wildman–Crippen MR) is 173 cm³/mol. The number of hydrogen-bond acceptors (Lipinski definition) is 5. The molecule has 1 aliphatic heterocycles. The van der Waals surface area contributed by atoms with Gasteiger partial charge in [0.15, 0.2) is 0 Å². The van der Waals surface area contributed by atoms with E-state index in [1.54, 1.807) is 24.1 Å². The van der Waals surface area contributed by atoms with E-state index in [-0.39, 0.29) is 37.2 Å². The highest BCUT2D eigenvalue weighted by atomic mass is 32.2. The lowest BCUT2D eigenvalue weighted by atomic mass is 10.0. The van der Waals surface area contributed by atoms with Crippen molar-refractivity contribution in [2.75, 3.05) is 24.5 Å². The van der Waals surface area contributed by atoms with Gasteiger partial charge in [-0.05, 0) is 53.1 Å². The number of amides is 2. The van der Waals surface area contributed by atoms with Gasteiger partial charge < -0.3 is 15.0 Å². The summed E-state index contributed by atoms with van der Waals surface area (Å²) in [5, 5.41) is 4.61. The summed E-state index contributed by atoms with van der Waals surface area (Å²) in [6.07, 6.45) is 0.714. The third kappa shape index (κ3) is 6.73. The van der Waals surface area contributed by atoms with Crippen LogP contribution in [0, 0.1) is 5.92 Å². The molecule has 2 amide bonds. The maximum Gasteiger partial charge on any atom is 0.265 e. The van der Waals surface area contributed by atoms with Crippen LogP contribution in [0.25, 0.3) is 10.8 Å². The maximum atomic E-state index is 14.1. The van der Waals surface area contributed by atoms with Crippen molar-refractivity contribution in [2.24, 2.45) is 5.92 Å². The first-order valence-electron chi connectivity index (χ1n) is 15.0. The molecule has 9 heteroatoms. The zero-order valence-corrected chi connectivity index (χ0v) is 26.2. The van der Waals surface area contributed by atoms with E-state index < -0.39 is 16.1 Å². The minimum absolute atomic E-state index is 0.0745. The molecule has 8 nitrogen and oxygen atoms in total. The molecule has 230 valence electrons. The fourth-order valence-electron chi connectivity index (χ4n) is 5.66. The van der Waals surface area contributed by atoms with Crippen molar-refractivity contribution >= 4 is 38.3 Å². The zero-order valence-electron chi connectivity index (χ0n) is 25.4. The van der Waals surface area contributed by atoms with E-state index in [1.165, 1.54) is 4.31 Å². The van der Waals surface area contributed by atoms with Crippen molar-refractivity contribution in [3.8, 4) is 5.75 Å². The van der Waals surface area contributed by atoms with Crippen LogP contribution in [0.4, 0.5) is 5.69 Å². The van der Waals surface area contributed by atoms with E-state index in [2.05, 4.69) is 5.32 Å². The Morgan fingerprint density at radius 1 is 0.909 bits per heavy atom. The summed E-state index contributed by atoms with van der Waals surface area (Å²) >= 11 is 0. The second kappa shape index (κ2) is 13.5. The van der Waals surface area contributed by atoms with E-state index in [0.717, 1.165) is 16.5 Å². The van der Waals surface area contributed by atoms with Crippen molar-refractivity contribution in [3.63, 3.8) is 0 Å². The largest absolute Gasteiger partial charge is 0.497 e. The number of nitrogens with zero attached hydrogens (tertiary/aromatic N) is 2. The molecule has 0 saturated heterocycles. The summed E-state index contributed by atoms with van der Waals surface area (Å²) in [4.78, 5) is 29.7. The van der Waals surface area contributed by atoms with Crippen molar-refractivity contribution in [2.45, 2.75) is 50.6 Å². The molecule has 0 bridgehead atoms. The number of anilines is 1. The van der Waals surface area contributed by atoms with Crippen LogP contribution in [-0.2, 0) is 32.6 Å². The highest BCUT2D eigenvalue weighted by molar-refractivity contribution is 7.93. The fraction of sp³-hybridized carbons (Fsp3) is 0.314. The first-order chi connectivity index (χ1) is 21.2. The molecule has 5 rings (SSSR count). The topological polar surface area (TPSA) is 96.0 Å². The molecule has 0 radical (unpaired) electrons. The lowest BCUT2D eigenvalue weighted by molar-refractivity contribution is -0.141. The van der Waals surface area contributed by atoms with Gasteiger partial charge in [0.2, 0.25) is 11.8 Å². The van der Waals surface area contributed by atoms with E-state index in [1.807, 2.05) is 92.7 Å². The highest BCUT2D eigenvalue weighted by Gasteiger charge is 2.36. The van der Waals surface area contributed by atoms with Crippen molar-refractivity contribution in [1.82, 2.24) is 10.2 Å². The Morgan fingerprint density at radius 2 is 1.61 bits per heavy atom. The van der Waals surface area contributed by atoms with Gasteiger partial charge in [-0.1, -0.05) is 80.6 Å². The van der Waals surface area contributed by atoms with Crippen LogP contribution in [0.3, 0.4) is 0 Å². The number of carbonyl (C=O) groups excluding carboxylic acids is 2. The van der Waals surface area contributed by atoms with Gasteiger partial charge in [-0.15, -0.1) is 0 Å². The lowest BCUT2D eigenvalue weighted by Gasteiger charge is -2.32. The van der Waals surface area contributed by atoms with Crippen LogP contribution in [0.2, 0.25) is 0 Å². The number of methoxy groups -OCH3 is 1. The molecule has 1 atom stereocenters. The third-order valence-corrected chi connectivity index (χ3v) is 9.73. The number of hydrogen-bond donors (Lipinski definition) is 1. The summed E-state index contributed by atoms with van der Waals surface area (Å²) in [6.45, 7) is 4.89. The minimum Gasteiger partial charge on any atom is -0.497 e. The van der Waals surface area contributed by atoms with E-state index in [4.69, 9.17) is 4.74 Å². The van der Waals surface area contributed by atoms with Crippen molar-refractivity contribution in [1.29, 1.82) is 0 Å². The molecule has 1 heterocycles. The molecule has 4 aromatic carbocycles. The van der Waals surface area contributed by atoms with E-state index in [0.29, 0.717) is 41.1 Å². The van der Waals surface area contributed by atoms with Gasteiger partial charge in [0.1, 0.15) is 11.8 Å². The molecule has 0 aliphatic carbocycles. The second-order valence-corrected chi connectivity index (χ2v) is 13.4. The van der Waals surface area contributed by atoms with Crippen LogP contribution in [-0.4, -0.2) is 51.4 Å². The van der Waals surface area contributed by atoms with Gasteiger partial charge in [-0.25, -0.2) is 8.42 Å². The van der Waals surface area contributed by atoms with Gasteiger partial charge in [0.25, 0.3) is 10.0 Å². The number of sulfonamides is 1. The normalized spacial score (nSPS) is 14.0. The van der Waals surface area contributed by atoms with Gasteiger partial charge in [0.05, 0.1) is 17.7 Å². The van der Waals surface area contributed by atoms with Crippen LogP contribution >= 0.6 is 0 Å². The summed E-state index contributed by atoms with van der Waals surface area (Å²) in [7, 11) is -2.14. The molecule has 0 fully saturated rings. The third-order valence-electron chi connectivity index (χ3n) is 7.88. The van der Waals surface area contributed by atoms with Crippen LogP contribution < -0.4 is 14.4 Å². The smallest absolute Gasteiger partial charge is 0.265 e. The fourth-order valence-corrected chi connectivity index (χ4v) is 7.41.